The molecule has 176 valence electrons. The van der Waals surface area contributed by atoms with E-state index in [2.05, 4.69) is 29.6 Å². The van der Waals surface area contributed by atoms with E-state index in [1.165, 1.54) is 0 Å². The number of amides is 5. The van der Waals surface area contributed by atoms with Gasteiger partial charge >= 0.3 is 6.03 Å². The molecule has 2 rings (SSSR count). The van der Waals surface area contributed by atoms with Crippen LogP contribution in [0.3, 0.4) is 0 Å². The molecule has 0 spiro atoms. The first-order chi connectivity index (χ1) is 14.9. The van der Waals surface area contributed by atoms with Crippen molar-refractivity contribution in [3.05, 3.63) is 0 Å². The molecule has 4 atom stereocenters. The predicted octanol–water partition coefficient (Wildman–Crippen LogP) is 0.244. The summed E-state index contributed by atoms with van der Waals surface area (Å²) in [5.74, 6) is 0.512. The normalized spacial score (nSPS) is 22.8. The third kappa shape index (κ3) is 9.78. The number of nitrogens with two attached hydrogens (primary N) is 1. The molecule has 0 bridgehead atoms. The van der Waals surface area contributed by atoms with Crippen molar-refractivity contribution in [2.75, 3.05) is 38.7 Å². The van der Waals surface area contributed by atoms with Crippen LogP contribution in [0.2, 0.25) is 0 Å². The third-order valence-corrected chi connectivity index (χ3v) is 8.41. The minimum absolute atomic E-state index is 0.00837. The highest BCUT2D eigenvalue weighted by atomic mass is 32.2. The van der Waals surface area contributed by atoms with Crippen LogP contribution < -0.4 is 26.8 Å². The van der Waals surface area contributed by atoms with Crippen molar-refractivity contribution in [2.45, 2.75) is 43.0 Å². The summed E-state index contributed by atoms with van der Waals surface area (Å²) in [6.07, 6.45) is 3.22. The van der Waals surface area contributed by atoms with Crippen molar-refractivity contribution >= 4 is 51.1 Å². The lowest BCUT2D eigenvalue weighted by atomic mass is 10.0. The van der Waals surface area contributed by atoms with Crippen molar-refractivity contribution < 1.29 is 28.7 Å². The van der Waals surface area contributed by atoms with E-state index in [0.717, 1.165) is 25.0 Å². The molecule has 0 aromatic carbocycles. The summed E-state index contributed by atoms with van der Waals surface area (Å²) < 4.78 is 10.5. The molecule has 0 aromatic rings. The smallest absolute Gasteiger partial charge is 0.315 e. The number of fused-ring (bicyclic) bond motifs is 1. The Morgan fingerprint density at radius 1 is 1.16 bits per heavy atom. The molecule has 14 heteroatoms. The largest absolute Gasteiger partial charge is 0.377 e. The van der Waals surface area contributed by atoms with Gasteiger partial charge in [0.05, 0.1) is 39.3 Å². The second-order valence-electron chi connectivity index (χ2n) is 7.17. The van der Waals surface area contributed by atoms with Crippen LogP contribution >= 0.6 is 27.6 Å². The minimum Gasteiger partial charge on any atom is -0.377 e. The lowest BCUT2D eigenvalue weighted by Crippen LogP contribution is -2.36. The zero-order valence-electron chi connectivity index (χ0n) is 17.2. The van der Waals surface area contributed by atoms with Crippen LogP contribution in [0, 0.1) is 0 Å². The van der Waals surface area contributed by atoms with Crippen molar-refractivity contribution in [2.24, 2.45) is 5.73 Å². The lowest BCUT2D eigenvalue weighted by Gasteiger charge is -2.16. The van der Waals surface area contributed by atoms with Gasteiger partial charge in [-0.2, -0.15) is 11.8 Å². The van der Waals surface area contributed by atoms with E-state index >= 15 is 0 Å². The maximum absolute atomic E-state index is 11.9. The fourth-order valence-corrected chi connectivity index (χ4v) is 5.68. The average molecular weight is 495 g/mol. The van der Waals surface area contributed by atoms with Crippen LogP contribution in [0.5, 0.6) is 0 Å². The molecule has 5 amide bonds. The molecule has 2 heterocycles. The van der Waals surface area contributed by atoms with Crippen LogP contribution in [-0.4, -0.2) is 79.6 Å². The quantitative estimate of drug-likeness (QED) is 0.124. The monoisotopic (exact) mass is 495 g/mol. The van der Waals surface area contributed by atoms with Gasteiger partial charge in [-0.05, 0) is 12.8 Å². The Kier molecular flexibility index (Phi) is 11.7. The standard InChI is InChI=1S/C17H31N5O6P2S/c18-16(25)30(29)22-14(24)9-28-8-7-27-6-5-19-13(23)4-2-1-3-12-15-11(10-31-12)20-17(26)21-15/h11-12,15,29-30H,1-10H2,(H2,18,25)(H,19,23)(H,22,24)(H2,20,21,26). The van der Waals surface area contributed by atoms with Gasteiger partial charge in [-0.1, -0.05) is 14.9 Å². The number of hydrogen-bond acceptors (Lipinski definition) is 7. The Bertz CT molecular complexity index is 685. The molecule has 0 radical (unpaired) electrons. The first-order valence-electron chi connectivity index (χ1n) is 10.2. The summed E-state index contributed by atoms with van der Waals surface area (Å²) in [5.41, 5.74) is 4.45. The molecule has 0 saturated carbocycles. The summed E-state index contributed by atoms with van der Waals surface area (Å²) in [6, 6.07) is 0.366. The maximum Gasteiger partial charge on any atom is 0.315 e. The number of unbranched alkanes of at least 4 members (excludes halogenated alkanes) is 1. The van der Waals surface area contributed by atoms with Gasteiger partial charge in [-0.25, -0.2) is 4.79 Å². The minimum atomic E-state index is -1.91. The SMILES string of the molecule is NC(=O)[PH](=P)NC(=O)COCCOCCNC(=O)CCCCC1SCC2NC(=O)NC21. The number of carbonyl (C=O) groups is 4. The zero-order chi connectivity index (χ0) is 22.6. The highest BCUT2D eigenvalue weighted by Gasteiger charge is 2.42. The van der Waals surface area contributed by atoms with Gasteiger partial charge in [0.2, 0.25) is 11.8 Å². The summed E-state index contributed by atoms with van der Waals surface area (Å²) in [7, 11) is 1.16. The van der Waals surface area contributed by atoms with Gasteiger partial charge in [-0.3, -0.25) is 14.4 Å². The summed E-state index contributed by atoms with van der Waals surface area (Å²) in [4.78, 5) is 45.5. The van der Waals surface area contributed by atoms with Crippen LogP contribution in [-0.2, 0) is 19.1 Å². The van der Waals surface area contributed by atoms with Crippen LogP contribution in [0.15, 0.2) is 0 Å². The number of urea groups is 1. The Morgan fingerprint density at radius 2 is 1.94 bits per heavy atom. The Morgan fingerprint density at radius 3 is 2.71 bits per heavy atom. The second kappa shape index (κ2) is 14.0. The van der Waals surface area contributed by atoms with E-state index in [1.54, 1.807) is 0 Å². The topological polar surface area (TPSA) is 161 Å². The Labute approximate surface area is 188 Å². The van der Waals surface area contributed by atoms with Crippen molar-refractivity contribution in [3.8, 4) is 0 Å². The zero-order valence-corrected chi connectivity index (χ0v) is 20.1. The molecule has 6 N–H and O–H groups in total. The molecule has 2 aliphatic rings. The molecule has 2 fully saturated rings. The fourth-order valence-electron chi connectivity index (χ4n) is 3.25. The predicted molar refractivity (Wildman–Crippen MR) is 123 cm³/mol. The van der Waals surface area contributed by atoms with E-state index < -0.39 is 18.9 Å². The molecular weight excluding hydrogens is 464 g/mol. The van der Waals surface area contributed by atoms with E-state index in [4.69, 9.17) is 15.2 Å². The third-order valence-electron chi connectivity index (χ3n) is 4.77. The van der Waals surface area contributed by atoms with Gasteiger partial charge in [0, 0.05) is 24.0 Å². The van der Waals surface area contributed by atoms with E-state index in [-0.39, 0.29) is 43.8 Å². The van der Waals surface area contributed by atoms with E-state index in [9.17, 15) is 19.2 Å². The fraction of sp³-hybridized carbons (Fsp3) is 0.765. The van der Waals surface area contributed by atoms with Crippen LogP contribution in [0.25, 0.3) is 0 Å². The summed E-state index contributed by atoms with van der Waals surface area (Å²) in [5, 5.41) is 11.5. The first-order valence-corrected chi connectivity index (χ1v) is 14.2. The van der Waals surface area contributed by atoms with Gasteiger partial charge in [0.1, 0.15) is 6.61 Å². The van der Waals surface area contributed by atoms with Crippen molar-refractivity contribution in [3.63, 3.8) is 0 Å². The highest BCUT2D eigenvalue weighted by Crippen LogP contribution is 2.33. The number of primary amides is 1. The Balaban J connectivity index is 1.38. The van der Waals surface area contributed by atoms with Crippen LogP contribution in [0.4, 0.5) is 9.59 Å². The number of rotatable bonds is 15. The second-order valence-corrected chi connectivity index (χ2v) is 11.4. The molecule has 4 unspecified atom stereocenters. The number of carbonyl (C=O) groups excluding carboxylic acids is 4. The molecule has 0 aromatic heterocycles. The van der Waals surface area contributed by atoms with E-state index in [0.29, 0.717) is 24.8 Å². The molecule has 0 aliphatic carbocycles. The van der Waals surface area contributed by atoms with Crippen molar-refractivity contribution in [1.82, 2.24) is 21.0 Å². The molecular formula is C17H31N5O6P2S. The number of hydrogen-bond donors (Lipinski definition) is 5. The highest BCUT2D eigenvalue weighted by molar-refractivity contribution is 8.00. The number of ether oxygens (including phenoxy) is 2. The molecule has 2 aliphatic heterocycles. The lowest BCUT2D eigenvalue weighted by molar-refractivity contribution is -0.124. The van der Waals surface area contributed by atoms with Gasteiger partial charge in [0.15, 0.2) is 0 Å². The summed E-state index contributed by atoms with van der Waals surface area (Å²) >= 11 is 1.88. The van der Waals surface area contributed by atoms with Crippen LogP contribution in [0.1, 0.15) is 25.7 Å². The van der Waals surface area contributed by atoms with E-state index in [1.807, 2.05) is 11.8 Å². The molecule has 11 nitrogen and oxygen atoms in total. The van der Waals surface area contributed by atoms with Gasteiger partial charge in [-0.15, -0.1) is 0 Å². The van der Waals surface area contributed by atoms with Gasteiger partial charge < -0.3 is 36.2 Å². The Hall–Kier alpha value is -1.32. The van der Waals surface area contributed by atoms with Gasteiger partial charge in [0.25, 0.3) is 5.65 Å². The van der Waals surface area contributed by atoms with Crippen molar-refractivity contribution in [1.29, 1.82) is 0 Å². The maximum atomic E-state index is 11.9. The molecule has 2 saturated heterocycles. The number of thioether (sulfide) groups is 1. The average Bonchev–Trinajstić information content (AvgIpc) is 3.26. The summed E-state index contributed by atoms with van der Waals surface area (Å²) in [6.45, 7) is 1.09. The number of nitrogens with one attached hydrogen (secondary N) is 4. The molecule has 31 heavy (non-hydrogen) atoms. The first kappa shape index (κ1) is 25.9.